The van der Waals surface area contributed by atoms with E-state index in [1.165, 1.54) is 0 Å². The number of amides is 2. The van der Waals surface area contributed by atoms with E-state index >= 15 is 0 Å². The average Bonchev–Trinajstić information content (AvgIpc) is 2.86. The highest BCUT2D eigenvalue weighted by Crippen LogP contribution is 2.21. The van der Waals surface area contributed by atoms with E-state index in [-0.39, 0.29) is 17.9 Å². The normalized spacial score (nSPS) is 18.7. The lowest BCUT2D eigenvalue weighted by Gasteiger charge is -2.23. The van der Waals surface area contributed by atoms with E-state index in [0.29, 0.717) is 24.2 Å². The fourth-order valence-electron chi connectivity index (χ4n) is 2.29. The van der Waals surface area contributed by atoms with Crippen molar-refractivity contribution in [3.63, 3.8) is 0 Å². The number of anilines is 1. The summed E-state index contributed by atoms with van der Waals surface area (Å²) in [7, 11) is 1.59. The number of nitrogens with zero attached hydrogens (tertiary/aromatic N) is 1. The monoisotopic (exact) mass is 247 g/mol. The Bertz CT molecular complexity index is 473. The maximum absolute atomic E-state index is 12.3. The van der Waals surface area contributed by atoms with E-state index in [4.69, 9.17) is 5.73 Å². The van der Waals surface area contributed by atoms with Crippen LogP contribution in [0.5, 0.6) is 0 Å². The SMILES string of the molecule is CNC(=O)C1CCCN1C(=O)c1cccc(N)c1. The molecule has 1 saturated heterocycles. The summed E-state index contributed by atoms with van der Waals surface area (Å²) in [5, 5.41) is 2.60. The van der Waals surface area contributed by atoms with Gasteiger partial charge in [0.15, 0.2) is 0 Å². The predicted octanol–water partition coefficient (Wildman–Crippen LogP) is 0.619. The Labute approximate surface area is 106 Å². The van der Waals surface area contributed by atoms with Crippen LogP contribution in [-0.4, -0.2) is 36.3 Å². The van der Waals surface area contributed by atoms with E-state index in [0.717, 1.165) is 6.42 Å². The third kappa shape index (κ3) is 2.30. The van der Waals surface area contributed by atoms with Crippen molar-refractivity contribution < 1.29 is 9.59 Å². The smallest absolute Gasteiger partial charge is 0.254 e. The van der Waals surface area contributed by atoms with Gasteiger partial charge < -0.3 is 16.0 Å². The summed E-state index contributed by atoms with van der Waals surface area (Å²) in [5.74, 6) is -0.238. The fraction of sp³-hybridized carbons (Fsp3) is 0.385. The summed E-state index contributed by atoms with van der Waals surface area (Å²) in [6.07, 6.45) is 1.57. The van der Waals surface area contributed by atoms with E-state index in [1.54, 1.807) is 36.2 Å². The largest absolute Gasteiger partial charge is 0.399 e. The lowest BCUT2D eigenvalue weighted by atomic mass is 10.1. The van der Waals surface area contributed by atoms with Crippen LogP contribution in [0.3, 0.4) is 0 Å². The summed E-state index contributed by atoms with van der Waals surface area (Å²) < 4.78 is 0. The number of hydrogen-bond acceptors (Lipinski definition) is 3. The van der Waals surface area contributed by atoms with Crippen LogP contribution in [-0.2, 0) is 4.79 Å². The van der Waals surface area contributed by atoms with Crippen molar-refractivity contribution in [1.29, 1.82) is 0 Å². The van der Waals surface area contributed by atoms with Gasteiger partial charge in [0.25, 0.3) is 5.91 Å². The van der Waals surface area contributed by atoms with Gasteiger partial charge in [-0.15, -0.1) is 0 Å². The number of nitrogens with two attached hydrogens (primary N) is 1. The molecule has 96 valence electrons. The second-order valence-electron chi connectivity index (χ2n) is 4.40. The first-order valence-corrected chi connectivity index (χ1v) is 6.01. The van der Waals surface area contributed by atoms with Crippen LogP contribution in [0.1, 0.15) is 23.2 Å². The zero-order valence-corrected chi connectivity index (χ0v) is 10.3. The molecule has 2 rings (SSSR count). The van der Waals surface area contributed by atoms with Crippen molar-refractivity contribution in [2.75, 3.05) is 19.3 Å². The molecule has 1 fully saturated rings. The number of hydrogen-bond donors (Lipinski definition) is 2. The molecule has 0 aromatic heterocycles. The number of carbonyl (C=O) groups excluding carboxylic acids is 2. The Morgan fingerprint density at radius 3 is 2.89 bits per heavy atom. The fourth-order valence-corrected chi connectivity index (χ4v) is 2.29. The number of carbonyl (C=O) groups is 2. The van der Waals surface area contributed by atoms with Gasteiger partial charge >= 0.3 is 0 Å². The summed E-state index contributed by atoms with van der Waals surface area (Å²) in [6, 6.07) is 6.48. The second kappa shape index (κ2) is 5.08. The maximum atomic E-state index is 12.3. The van der Waals surface area contributed by atoms with Gasteiger partial charge in [0, 0.05) is 24.8 Å². The molecule has 0 saturated carbocycles. The van der Waals surface area contributed by atoms with Crippen molar-refractivity contribution in [2.24, 2.45) is 0 Å². The Hall–Kier alpha value is -2.04. The molecule has 2 amide bonds. The van der Waals surface area contributed by atoms with Gasteiger partial charge in [-0.25, -0.2) is 0 Å². The molecule has 5 nitrogen and oxygen atoms in total. The topological polar surface area (TPSA) is 75.4 Å². The molecule has 1 heterocycles. The number of likely N-dealkylation sites (tertiary alicyclic amines) is 1. The lowest BCUT2D eigenvalue weighted by molar-refractivity contribution is -0.124. The minimum Gasteiger partial charge on any atom is -0.399 e. The molecule has 1 aliphatic heterocycles. The number of nitrogens with one attached hydrogen (secondary N) is 1. The quantitative estimate of drug-likeness (QED) is 0.752. The van der Waals surface area contributed by atoms with Crippen LogP contribution in [0.15, 0.2) is 24.3 Å². The number of nitrogen functional groups attached to an aromatic ring is 1. The number of benzene rings is 1. The van der Waals surface area contributed by atoms with Gasteiger partial charge in [-0.05, 0) is 31.0 Å². The molecule has 18 heavy (non-hydrogen) atoms. The van der Waals surface area contributed by atoms with Gasteiger partial charge in [-0.1, -0.05) is 6.07 Å². The van der Waals surface area contributed by atoms with Crippen LogP contribution < -0.4 is 11.1 Å². The van der Waals surface area contributed by atoms with Crippen molar-refractivity contribution >= 4 is 17.5 Å². The third-order valence-electron chi connectivity index (χ3n) is 3.20. The van der Waals surface area contributed by atoms with Gasteiger partial charge in [-0.2, -0.15) is 0 Å². The summed E-state index contributed by atoms with van der Waals surface area (Å²) >= 11 is 0. The molecule has 1 unspecified atom stereocenters. The Kier molecular flexibility index (Phi) is 3.50. The molecule has 0 radical (unpaired) electrons. The Balaban J connectivity index is 2.20. The molecule has 1 aromatic rings. The van der Waals surface area contributed by atoms with Crippen molar-refractivity contribution in [3.05, 3.63) is 29.8 Å². The summed E-state index contributed by atoms with van der Waals surface area (Å²) in [6.45, 7) is 0.617. The first-order chi connectivity index (χ1) is 8.63. The highest BCUT2D eigenvalue weighted by Gasteiger charge is 2.33. The molecule has 1 atom stereocenters. The highest BCUT2D eigenvalue weighted by atomic mass is 16.2. The van der Waals surface area contributed by atoms with Crippen LogP contribution in [0, 0.1) is 0 Å². The van der Waals surface area contributed by atoms with Crippen LogP contribution in [0.25, 0.3) is 0 Å². The van der Waals surface area contributed by atoms with E-state index in [9.17, 15) is 9.59 Å². The molecule has 3 N–H and O–H groups in total. The summed E-state index contributed by atoms with van der Waals surface area (Å²) in [4.78, 5) is 25.6. The highest BCUT2D eigenvalue weighted by molar-refractivity contribution is 5.98. The van der Waals surface area contributed by atoms with Gasteiger partial charge in [-0.3, -0.25) is 9.59 Å². The first kappa shape index (κ1) is 12.4. The van der Waals surface area contributed by atoms with Crippen molar-refractivity contribution in [2.45, 2.75) is 18.9 Å². The second-order valence-corrected chi connectivity index (χ2v) is 4.40. The molecule has 1 aliphatic rings. The Morgan fingerprint density at radius 2 is 2.22 bits per heavy atom. The molecule has 5 heteroatoms. The van der Waals surface area contributed by atoms with Crippen LogP contribution in [0.2, 0.25) is 0 Å². The maximum Gasteiger partial charge on any atom is 0.254 e. The third-order valence-corrected chi connectivity index (χ3v) is 3.20. The molecular formula is C13H17N3O2. The van der Waals surface area contributed by atoms with Crippen molar-refractivity contribution in [3.8, 4) is 0 Å². The number of rotatable bonds is 2. The van der Waals surface area contributed by atoms with Gasteiger partial charge in [0.05, 0.1) is 0 Å². The van der Waals surface area contributed by atoms with E-state index in [1.807, 2.05) is 0 Å². The predicted molar refractivity (Wildman–Crippen MR) is 69.0 cm³/mol. The molecule has 0 bridgehead atoms. The standard InChI is InChI=1S/C13H17N3O2/c1-15-12(17)11-6-3-7-16(11)13(18)9-4-2-5-10(14)8-9/h2,4-5,8,11H,3,6-7,14H2,1H3,(H,15,17). The molecule has 1 aromatic carbocycles. The van der Waals surface area contributed by atoms with E-state index in [2.05, 4.69) is 5.32 Å². The average molecular weight is 247 g/mol. The zero-order valence-electron chi connectivity index (χ0n) is 10.3. The first-order valence-electron chi connectivity index (χ1n) is 6.01. The summed E-state index contributed by atoms with van der Waals surface area (Å²) in [5.41, 5.74) is 6.75. The van der Waals surface area contributed by atoms with Crippen LogP contribution in [0.4, 0.5) is 5.69 Å². The van der Waals surface area contributed by atoms with Gasteiger partial charge in [0.1, 0.15) is 6.04 Å². The van der Waals surface area contributed by atoms with Crippen molar-refractivity contribution in [1.82, 2.24) is 10.2 Å². The molecular weight excluding hydrogens is 230 g/mol. The Morgan fingerprint density at radius 1 is 1.44 bits per heavy atom. The minimum absolute atomic E-state index is 0.107. The number of likely N-dealkylation sites (N-methyl/N-ethyl adjacent to an activating group) is 1. The van der Waals surface area contributed by atoms with Crippen LogP contribution >= 0.6 is 0 Å². The zero-order chi connectivity index (χ0) is 13.1. The molecule has 0 spiro atoms. The lowest BCUT2D eigenvalue weighted by Crippen LogP contribution is -2.44. The minimum atomic E-state index is -0.357. The van der Waals surface area contributed by atoms with Gasteiger partial charge in [0.2, 0.25) is 5.91 Å². The van der Waals surface area contributed by atoms with E-state index < -0.39 is 0 Å². The molecule has 0 aliphatic carbocycles.